The van der Waals surface area contributed by atoms with Gasteiger partial charge < -0.3 is 15.0 Å². The molecule has 4 nitrogen and oxygen atoms in total. The van der Waals surface area contributed by atoms with Crippen LogP contribution in [0.15, 0.2) is 0 Å². The van der Waals surface area contributed by atoms with Gasteiger partial charge in [0.1, 0.15) is 0 Å². The number of amides is 1. The molecule has 0 radical (unpaired) electrons. The van der Waals surface area contributed by atoms with Gasteiger partial charge in [0.25, 0.3) is 0 Å². The zero-order valence-corrected chi connectivity index (χ0v) is 8.16. The molecule has 4 heteroatoms. The molecule has 0 aromatic carbocycles. The topological polar surface area (TPSA) is 41.6 Å². The molecule has 76 valence electrons. The van der Waals surface area contributed by atoms with E-state index in [-0.39, 0.29) is 0 Å². The lowest BCUT2D eigenvalue weighted by molar-refractivity contribution is -0.121. The van der Waals surface area contributed by atoms with E-state index in [0.29, 0.717) is 6.04 Å². The first-order valence-electron chi connectivity index (χ1n) is 4.79. The molecule has 0 spiro atoms. The minimum absolute atomic E-state index is 0.362. The Morgan fingerprint density at radius 1 is 1.69 bits per heavy atom. The van der Waals surface area contributed by atoms with Gasteiger partial charge in [0.2, 0.25) is 6.41 Å². The fraction of sp³-hybridized carbons (Fsp3) is 0.889. The Hall–Kier alpha value is -0.610. The molecular weight excluding hydrogens is 168 g/mol. The summed E-state index contributed by atoms with van der Waals surface area (Å²) >= 11 is 0. The van der Waals surface area contributed by atoms with Gasteiger partial charge in [-0.15, -0.1) is 0 Å². The highest BCUT2D eigenvalue weighted by atomic mass is 16.5. The van der Waals surface area contributed by atoms with Gasteiger partial charge in [-0.2, -0.15) is 0 Å². The lowest BCUT2D eigenvalue weighted by atomic mass is 10.1. The SMILES string of the molecule is COCCCC1CNCCN1C=O. The standard InChI is InChI=1S/C9H18N2O2/c1-13-6-2-3-9-7-10-4-5-11(9)8-12/h8-10H,2-7H2,1H3. The molecule has 1 aliphatic rings. The smallest absolute Gasteiger partial charge is 0.210 e. The van der Waals surface area contributed by atoms with Crippen LogP contribution in [0.1, 0.15) is 12.8 Å². The van der Waals surface area contributed by atoms with Crippen molar-refractivity contribution in [3.8, 4) is 0 Å². The maximum absolute atomic E-state index is 10.7. The molecule has 0 saturated carbocycles. The van der Waals surface area contributed by atoms with E-state index in [0.717, 1.165) is 45.5 Å². The predicted molar refractivity (Wildman–Crippen MR) is 50.5 cm³/mol. The first kappa shape index (κ1) is 10.5. The number of carbonyl (C=O) groups excluding carboxylic acids is 1. The molecule has 13 heavy (non-hydrogen) atoms. The van der Waals surface area contributed by atoms with Crippen LogP contribution in [0.5, 0.6) is 0 Å². The zero-order chi connectivity index (χ0) is 9.52. The molecule has 1 unspecified atom stereocenters. The summed E-state index contributed by atoms with van der Waals surface area (Å²) in [6.07, 6.45) is 3.01. The molecule has 1 N–H and O–H groups in total. The first-order valence-corrected chi connectivity index (χ1v) is 4.79. The highest BCUT2D eigenvalue weighted by Gasteiger charge is 2.19. The number of nitrogens with zero attached hydrogens (tertiary/aromatic N) is 1. The van der Waals surface area contributed by atoms with Crippen LogP contribution in [0.25, 0.3) is 0 Å². The number of rotatable bonds is 5. The molecule has 0 aliphatic carbocycles. The largest absolute Gasteiger partial charge is 0.385 e. The quantitative estimate of drug-likeness (QED) is 0.479. The van der Waals surface area contributed by atoms with E-state index < -0.39 is 0 Å². The van der Waals surface area contributed by atoms with Gasteiger partial charge in [-0.3, -0.25) is 4.79 Å². The number of hydrogen-bond donors (Lipinski definition) is 1. The third-order valence-electron chi connectivity index (χ3n) is 2.42. The van der Waals surface area contributed by atoms with Gasteiger partial charge in [-0.25, -0.2) is 0 Å². The summed E-state index contributed by atoms with van der Waals surface area (Å²) < 4.78 is 4.97. The highest BCUT2D eigenvalue weighted by Crippen LogP contribution is 2.07. The van der Waals surface area contributed by atoms with Crippen molar-refractivity contribution in [3.63, 3.8) is 0 Å². The molecule has 0 aromatic rings. The fourth-order valence-electron chi connectivity index (χ4n) is 1.65. The molecule has 1 aliphatic heterocycles. The van der Waals surface area contributed by atoms with Crippen molar-refractivity contribution >= 4 is 6.41 Å². The summed E-state index contributed by atoms with van der Waals surface area (Å²) in [5.74, 6) is 0. The lowest BCUT2D eigenvalue weighted by Gasteiger charge is -2.33. The van der Waals surface area contributed by atoms with Crippen molar-refractivity contribution in [2.75, 3.05) is 33.4 Å². The predicted octanol–water partition coefficient (Wildman–Crippen LogP) is -0.157. The molecule has 1 saturated heterocycles. The highest BCUT2D eigenvalue weighted by molar-refractivity contribution is 5.48. The van der Waals surface area contributed by atoms with E-state index in [1.165, 1.54) is 0 Å². The van der Waals surface area contributed by atoms with Crippen molar-refractivity contribution in [1.82, 2.24) is 10.2 Å². The zero-order valence-electron chi connectivity index (χ0n) is 8.16. The summed E-state index contributed by atoms with van der Waals surface area (Å²) in [6.45, 7) is 3.45. The monoisotopic (exact) mass is 186 g/mol. The summed E-state index contributed by atoms with van der Waals surface area (Å²) in [6, 6.07) is 0.362. The summed E-state index contributed by atoms with van der Waals surface area (Å²) in [7, 11) is 1.70. The third-order valence-corrected chi connectivity index (χ3v) is 2.42. The number of piperazine rings is 1. The molecule has 1 atom stereocenters. The van der Waals surface area contributed by atoms with Crippen LogP contribution in [0.4, 0.5) is 0 Å². The van der Waals surface area contributed by atoms with Crippen molar-refractivity contribution in [2.45, 2.75) is 18.9 Å². The molecule has 0 bridgehead atoms. The van der Waals surface area contributed by atoms with Crippen LogP contribution >= 0.6 is 0 Å². The Balaban J connectivity index is 2.23. The summed E-state index contributed by atoms with van der Waals surface area (Å²) in [4.78, 5) is 12.6. The molecular formula is C9H18N2O2. The van der Waals surface area contributed by atoms with Gasteiger partial charge in [-0.05, 0) is 12.8 Å². The Labute approximate surface area is 79.2 Å². The Morgan fingerprint density at radius 2 is 2.54 bits per heavy atom. The van der Waals surface area contributed by atoms with E-state index in [4.69, 9.17) is 4.74 Å². The second-order valence-corrected chi connectivity index (χ2v) is 3.34. The molecule has 1 heterocycles. The summed E-state index contributed by atoms with van der Waals surface area (Å²) in [5.41, 5.74) is 0. The fourth-order valence-corrected chi connectivity index (χ4v) is 1.65. The Kier molecular flexibility index (Phi) is 4.78. The minimum atomic E-state index is 0.362. The second-order valence-electron chi connectivity index (χ2n) is 3.34. The van der Waals surface area contributed by atoms with E-state index in [2.05, 4.69) is 5.32 Å². The van der Waals surface area contributed by atoms with Crippen LogP contribution in [-0.4, -0.2) is 50.7 Å². The van der Waals surface area contributed by atoms with Gasteiger partial charge in [0.05, 0.1) is 0 Å². The summed E-state index contributed by atoms with van der Waals surface area (Å²) in [5, 5.41) is 3.28. The van der Waals surface area contributed by atoms with Gasteiger partial charge in [0, 0.05) is 39.4 Å². The van der Waals surface area contributed by atoms with Crippen LogP contribution in [0, 0.1) is 0 Å². The number of ether oxygens (including phenoxy) is 1. The maximum Gasteiger partial charge on any atom is 0.210 e. The lowest BCUT2D eigenvalue weighted by Crippen LogP contribution is -2.50. The van der Waals surface area contributed by atoms with Crippen LogP contribution in [0.2, 0.25) is 0 Å². The van der Waals surface area contributed by atoms with E-state index in [1.54, 1.807) is 7.11 Å². The Morgan fingerprint density at radius 3 is 3.23 bits per heavy atom. The maximum atomic E-state index is 10.7. The number of nitrogens with one attached hydrogen (secondary N) is 1. The molecule has 1 rings (SSSR count). The van der Waals surface area contributed by atoms with Crippen molar-refractivity contribution in [3.05, 3.63) is 0 Å². The molecule has 1 amide bonds. The third kappa shape index (κ3) is 3.32. The minimum Gasteiger partial charge on any atom is -0.385 e. The normalized spacial score (nSPS) is 23.2. The average molecular weight is 186 g/mol. The van der Waals surface area contributed by atoms with Crippen molar-refractivity contribution in [1.29, 1.82) is 0 Å². The molecule has 1 fully saturated rings. The number of methoxy groups -OCH3 is 1. The second kappa shape index (κ2) is 5.94. The van der Waals surface area contributed by atoms with Gasteiger partial charge >= 0.3 is 0 Å². The number of carbonyl (C=O) groups is 1. The van der Waals surface area contributed by atoms with Gasteiger partial charge in [-0.1, -0.05) is 0 Å². The van der Waals surface area contributed by atoms with Gasteiger partial charge in [0.15, 0.2) is 0 Å². The Bertz CT molecular complexity index is 153. The number of hydrogen-bond acceptors (Lipinski definition) is 3. The van der Waals surface area contributed by atoms with Crippen molar-refractivity contribution < 1.29 is 9.53 Å². The molecule has 0 aromatic heterocycles. The van der Waals surface area contributed by atoms with Crippen molar-refractivity contribution in [2.24, 2.45) is 0 Å². The average Bonchev–Trinajstić information content (AvgIpc) is 2.19. The van der Waals surface area contributed by atoms with Crippen LogP contribution in [-0.2, 0) is 9.53 Å². The van der Waals surface area contributed by atoms with E-state index in [1.807, 2.05) is 4.90 Å². The first-order chi connectivity index (χ1) is 6.38. The van der Waals surface area contributed by atoms with Crippen LogP contribution < -0.4 is 5.32 Å². The van der Waals surface area contributed by atoms with Crippen LogP contribution in [0.3, 0.4) is 0 Å². The van der Waals surface area contributed by atoms with E-state index >= 15 is 0 Å². The van der Waals surface area contributed by atoms with E-state index in [9.17, 15) is 4.79 Å².